The number of hydrogen-bond acceptors (Lipinski definition) is 4. The van der Waals surface area contributed by atoms with Gasteiger partial charge in [-0.3, -0.25) is 4.79 Å². The SMILES string of the molecule is O=C(CC1CSCCN1)NC1CCN(C2CCCCC2)CC1. The standard InChI is InChI=1S/C17H31N3OS/c21-17(12-15-13-22-11-8-18-15)19-14-6-9-20(10-7-14)16-4-2-1-3-5-16/h14-16,18H,1-13H2,(H,19,21). The second-order valence-electron chi connectivity index (χ2n) is 7.10. The number of carbonyl (C=O) groups excluding carboxylic acids is 1. The zero-order chi connectivity index (χ0) is 15.2. The Morgan fingerprint density at radius 3 is 2.59 bits per heavy atom. The fourth-order valence-electron chi connectivity index (χ4n) is 4.12. The summed E-state index contributed by atoms with van der Waals surface area (Å²) in [5, 5.41) is 6.72. The molecule has 1 unspecified atom stereocenters. The van der Waals surface area contributed by atoms with E-state index in [1.165, 1.54) is 50.9 Å². The molecule has 1 saturated carbocycles. The van der Waals surface area contributed by atoms with Gasteiger partial charge in [0, 0.05) is 55.7 Å². The molecule has 5 heteroatoms. The molecule has 1 amide bonds. The molecule has 0 spiro atoms. The lowest BCUT2D eigenvalue weighted by molar-refractivity contribution is -0.122. The molecular weight excluding hydrogens is 294 g/mol. The molecule has 0 aromatic carbocycles. The molecule has 4 nitrogen and oxygen atoms in total. The highest BCUT2D eigenvalue weighted by atomic mass is 32.2. The first kappa shape index (κ1) is 16.6. The third-order valence-electron chi connectivity index (χ3n) is 5.42. The van der Waals surface area contributed by atoms with E-state index >= 15 is 0 Å². The van der Waals surface area contributed by atoms with Crippen molar-refractivity contribution >= 4 is 17.7 Å². The summed E-state index contributed by atoms with van der Waals surface area (Å²) < 4.78 is 0. The summed E-state index contributed by atoms with van der Waals surface area (Å²) in [5.74, 6) is 2.50. The van der Waals surface area contributed by atoms with Gasteiger partial charge in [0.25, 0.3) is 0 Å². The maximum Gasteiger partial charge on any atom is 0.221 e. The summed E-state index contributed by atoms with van der Waals surface area (Å²) in [7, 11) is 0. The minimum absolute atomic E-state index is 0.246. The minimum atomic E-state index is 0.246. The number of nitrogens with zero attached hydrogens (tertiary/aromatic N) is 1. The summed E-state index contributed by atoms with van der Waals surface area (Å²) in [6.45, 7) is 3.39. The van der Waals surface area contributed by atoms with E-state index in [2.05, 4.69) is 15.5 Å². The molecule has 2 saturated heterocycles. The van der Waals surface area contributed by atoms with E-state index in [4.69, 9.17) is 0 Å². The van der Waals surface area contributed by atoms with Gasteiger partial charge < -0.3 is 15.5 Å². The van der Waals surface area contributed by atoms with Crippen LogP contribution in [0.5, 0.6) is 0 Å². The molecular formula is C17H31N3OS. The van der Waals surface area contributed by atoms with E-state index in [1.807, 2.05) is 11.8 Å². The van der Waals surface area contributed by atoms with Crippen LogP contribution >= 0.6 is 11.8 Å². The average molecular weight is 326 g/mol. The van der Waals surface area contributed by atoms with Crippen molar-refractivity contribution in [2.24, 2.45) is 0 Å². The van der Waals surface area contributed by atoms with E-state index < -0.39 is 0 Å². The van der Waals surface area contributed by atoms with Crippen molar-refractivity contribution in [2.45, 2.75) is 69.5 Å². The maximum absolute atomic E-state index is 12.2. The second kappa shape index (κ2) is 8.55. The van der Waals surface area contributed by atoms with Crippen molar-refractivity contribution in [2.75, 3.05) is 31.1 Å². The number of carbonyl (C=O) groups is 1. The van der Waals surface area contributed by atoms with E-state index in [9.17, 15) is 4.79 Å². The predicted octanol–water partition coefficient (Wildman–Crippen LogP) is 1.99. The molecule has 126 valence electrons. The van der Waals surface area contributed by atoms with Gasteiger partial charge in [0.2, 0.25) is 5.91 Å². The molecule has 1 aliphatic carbocycles. The molecule has 2 heterocycles. The summed E-state index contributed by atoms with van der Waals surface area (Å²) in [5.41, 5.74) is 0. The molecule has 0 aromatic rings. The first-order valence-electron chi connectivity index (χ1n) is 9.16. The Kier molecular flexibility index (Phi) is 6.45. The number of likely N-dealkylation sites (tertiary alicyclic amines) is 1. The van der Waals surface area contributed by atoms with Crippen LogP contribution in [0.1, 0.15) is 51.4 Å². The van der Waals surface area contributed by atoms with Crippen LogP contribution < -0.4 is 10.6 Å². The first-order chi connectivity index (χ1) is 10.8. The Balaban J connectivity index is 1.35. The summed E-state index contributed by atoms with van der Waals surface area (Å²) in [4.78, 5) is 14.9. The lowest BCUT2D eigenvalue weighted by Gasteiger charge is -2.39. The highest BCUT2D eigenvalue weighted by molar-refractivity contribution is 7.99. The second-order valence-corrected chi connectivity index (χ2v) is 8.25. The van der Waals surface area contributed by atoms with Gasteiger partial charge in [0.1, 0.15) is 0 Å². The Bertz CT molecular complexity index is 346. The van der Waals surface area contributed by atoms with Crippen molar-refractivity contribution < 1.29 is 4.79 Å². The largest absolute Gasteiger partial charge is 0.353 e. The summed E-state index contributed by atoms with van der Waals surface area (Å²) >= 11 is 1.96. The smallest absolute Gasteiger partial charge is 0.221 e. The number of piperidine rings is 1. The van der Waals surface area contributed by atoms with E-state index in [0.717, 1.165) is 31.2 Å². The Morgan fingerprint density at radius 1 is 1.14 bits per heavy atom. The van der Waals surface area contributed by atoms with Gasteiger partial charge in [-0.05, 0) is 25.7 Å². The molecule has 2 N–H and O–H groups in total. The third kappa shape index (κ3) is 4.87. The Hall–Kier alpha value is -0.260. The third-order valence-corrected chi connectivity index (χ3v) is 6.55. The fourth-order valence-corrected chi connectivity index (χ4v) is 5.07. The van der Waals surface area contributed by atoms with Gasteiger partial charge in [0.05, 0.1) is 0 Å². The lowest BCUT2D eigenvalue weighted by Crippen LogP contribution is -2.49. The monoisotopic (exact) mass is 325 g/mol. The van der Waals surface area contributed by atoms with Crippen LogP contribution in [0.2, 0.25) is 0 Å². The van der Waals surface area contributed by atoms with Crippen molar-refractivity contribution in [3.63, 3.8) is 0 Å². The molecule has 3 fully saturated rings. The van der Waals surface area contributed by atoms with E-state index in [1.54, 1.807) is 0 Å². The van der Waals surface area contributed by atoms with Crippen molar-refractivity contribution in [3.8, 4) is 0 Å². The molecule has 0 aromatic heterocycles. The zero-order valence-electron chi connectivity index (χ0n) is 13.7. The highest BCUT2D eigenvalue weighted by Crippen LogP contribution is 2.25. The number of hydrogen-bond donors (Lipinski definition) is 2. The summed E-state index contributed by atoms with van der Waals surface area (Å²) in [6, 6.07) is 1.61. The normalized spacial score (nSPS) is 29.4. The lowest BCUT2D eigenvalue weighted by atomic mass is 9.92. The van der Waals surface area contributed by atoms with Crippen molar-refractivity contribution in [1.29, 1.82) is 0 Å². The quantitative estimate of drug-likeness (QED) is 0.830. The summed E-state index contributed by atoms with van der Waals surface area (Å²) in [6.07, 6.45) is 9.95. The first-order valence-corrected chi connectivity index (χ1v) is 10.3. The van der Waals surface area contributed by atoms with Gasteiger partial charge in [-0.2, -0.15) is 11.8 Å². The molecule has 0 radical (unpaired) electrons. The van der Waals surface area contributed by atoms with Crippen LogP contribution in [0, 0.1) is 0 Å². The molecule has 0 bridgehead atoms. The fraction of sp³-hybridized carbons (Fsp3) is 0.941. The number of nitrogens with one attached hydrogen (secondary N) is 2. The highest BCUT2D eigenvalue weighted by Gasteiger charge is 2.27. The van der Waals surface area contributed by atoms with Crippen LogP contribution in [0.25, 0.3) is 0 Å². The Morgan fingerprint density at radius 2 is 1.91 bits per heavy atom. The number of amides is 1. The predicted molar refractivity (Wildman–Crippen MR) is 93.3 cm³/mol. The van der Waals surface area contributed by atoms with Crippen LogP contribution in [-0.2, 0) is 4.79 Å². The van der Waals surface area contributed by atoms with E-state index in [0.29, 0.717) is 18.5 Å². The van der Waals surface area contributed by atoms with Gasteiger partial charge in [-0.1, -0.05) is 19.3 Å². The van der Waals surface area contributed by atoms with Crippen molar-refractivity contribution in [1.82, 2.24) is 15.5 Å². The molecule has 3 rings (SSSR count). The molecule has 2 aliphatic heterocycles. The molecule has 1 atom stereocenters. The molecule has 3 aliphatic rings. The van der Waals surface area contributed by atoms with Crippen LogP contribution in [0.15, 0.2) is 0 Å². The number of thioether (sulfide) groups is 1. The zero-order valence-corrected chi connectivity index (χ0v) is 14.5. The van der Waals surface area contributed by atoms with Crippen LogP contribution in [-0.4, -0.2) is 60.1 Å². The van der Waals surface area contributed by atoms with Crippen LogP contribution in [0.4, 0.5) is 0 Å². The van der Waals surface area contributed by atoms with Crippen LogP contribution in [0.3, 0.4) is 0 Å². The van der Waals surface area contributed by atoms with Gasteiger partial charge >= 0.3 is 0 Å². The molecule has 22 heavy (non-hydrogen) atoms. The van der Waals surface area contributed by atoms with Crippen molar-refractivity contribution in [3.05, 3.63) is 0 Å². The van der Waals surface area contributed by atoms with Gasteiger partial charge in [-0.15, -0.1) is 0 Å². The maximum atomic E-state index is 12.2. The van der Waals surface area contributed by atoms with E-state index in [-0.39, 0.29) is 5.91 Å². The number of rotatable bonds is 4. The topological polar surface area (TPSA) is 44.4 Å². The van der Waals surface area contributed by atoms with Gasteiger partial charge in [0.15, 0.2) is 0 Å². The Labute approximate surface area is 139 Å². The minimum Gasteiger partial charge on any atom is -0.353 e. The average Bonchev–Trinajstić information content (AvgIpc) is 2.57. The van der Waals surface area contributed by atoms with Gasteiger partial charge in [-0.25, -0.2) is 0 Å².